The van der Waals surface area contributed by atoms with Crippen molar-refractivity contribution < 1.29 is 14.7 Å². The Labute approximate surface area is 174 Å². The molecule has 0 unspecified atom stereocenters. The third kappa shape index (κ3) is 23.0. The molecule has 0 fully saturated rings. The maximum atomic E-state index is 11.7. The molecule has 0 atom stereocenters. The molecule has 0 heterocycles. The third-order valence-electron chi connectivity index (χ3n) is 5.32. The number of hydrogen-bond donors (Lipinski definition) is 2. The van der Waals surface area contributed by atoms with E-state index in [1.54, 1.807) is 0 Å². The number of carboxylic acid groups (broad SMARTS) is 1. The first-order valence-corrected chi connectivity index (χ1v) is 12.0. The van der Waals surface area contributed by atoms with Crippen molar-refractivity contribution in [2.45, 2.75) is 129 Å². The van der Waals surface area contributed by atoms with Crippen LogP contribution < -0.4 is 5.32 Å². The number of unbranched alkanes of at least 4 members (excludes halogenated alkanes) is 13. The van der Waals surface area contributed by atoms with Gasteiger partial charge in [0.05, 0.1) is 0 Å². The molecule has 0 saturated heterocycles. The second-order valence-electron chi connectivity index (χ2n) is 8.73. The van der Waals surface area contributed by atoms with Gasteiger partial charge in [0.25, 0.3) is 0 Å². The van der Waals surface area contributed by atoms with E-state index in [1.807, 2.05) is 0 Å². The predicted molar refractivity (Wildman–Crippen MR) is 119 cm³/mol. The van der Waals surface area contributed by atoms with Crippen molar-refractivity contribution in [2.75, 3.05) is 6.54 Å². The zero-order chi connectivity index (χ0) is 20.9. The lowest BCUT2D eigenvalue weighted by Gasteiger charge is -2.06. The van der Waals surface area contributed by atoms with E-state index in [4.69, 9.17) is 5.11 Å². The van der Waals surface area contributed by atoms with Crippen LogP contribution in [0.4, 0.5) is 0 Å². The van der Waals surface area contributed by atoms with E-state index in [9.17, 15) is 9.59 Å². The Balaban J connectivity index is 3.16. The molecule has 0 saturated carbocycles. The average Bonchev–Trinajstić information content (AvgIpc) is 2.64. The largest absolute Gasteiger partial charge is 0.481 e. The minimum atomic E-state index is -0.739. The van der Waals surface area contributed by atoms with Crippen LogP contribution in [-0.4, -0.2) is 23.5 Å². The van der Waals surface area contributed by atoms with Crippen LogP contribution in [0.2, 0.25) is 0 Å². The van der Waals surface area contributed by atoms with Gasteiger partial charge >= 0.3 is 5.97 Å². The lowest BCUT2D eigenvalue weighted by molar-refractivity contribution is -0.137. The maximum Gasteiger partial charge on any atom is 0.303 e. The number of carboxylic acids is 1. The molecule has 0 bridgehead atoms. The molecule has 0 aliphatic rings. The molecule has 4 heteroatoms. The lowest BCUT2D eigenvalue weighted by atomic mass is 10.0. The average molecular weight is 398 g/mol. The van der Waals surface area contributed by atoms with E-state index in [-0.39, 0.29) is 12.3 Å². The summed E-state index contributed by atoms with van der Waals surface area (Å²) >= 11 is 0. The van der Waals surface area contributed by atoms with E-state index < -0.39 is 5.97 Å². The Kier molecular flexibility index (Phi) is 19.9. The number of nitrogens with one attached hydrogen (secondary N) is 1. The molecular formula is C24H47NO3. The van der Waals surface area contributed by atoms with Gasteiger partial charge in [-0.15, -0.1) is 0 Å². The Morgan fingerprint density at radius 2 is 1.07 bits per heavy atom. The third-order valence-corrected chi connectivity index (χ3v) is 5.32. The first-order chi connectivity index (χ1) is 13.5. The van der Waals surface area contributed by atoms with Crippen LogP contribution in [0.25, 0.3) is 0 Å². The quantitative estimate of drug-likeness (QED) is 0.208. The number of carbonyl (C=O) groups is 2. The van der Waals surface area contributed by atoms with Crippen molar-refractivity contribution in [3.05, 3.63) is 0 Å². The molecular weight excluding hydrogens is 350 g/mol. The van der Waals surface area contributed by atoms with Crippen molar-refractivity contribution in [1.29, 1.82) is 0 Å². The highest BCUT2D eigenvalue weighted by Gasteiger charge is 2.01. The first kappa shape index (κ1) is 26.9. The van der Waals surface area contributed by atoms with Crippen LogP contribution in [-0.2, 0) is 9.59 Å². The summed E-state index contributed by atoms with van der Waals surface area (Å²) < 4.78 is 0. The highest BCUT2D eigenvalue weighted by Crippen LogP contribution is 2.14. The monoisotopic (exact) mass is 397 g/mol. The summed E-state index contributed by atoms with van der Waals surface area (Å²) in [7, 11) is 0. The van der Waals surface area contributed by atoms with Crippen LogP contribution in [0, 0.1) is 5.92 Å². The minimum absolute atomic E-state index is 0.145. The minimum Gasteiger partial charge on any atom is -0.481 e. The first-order valence-electron chi connectivity index (χ1n) is 12.0. The lowest BCUT2D eigenvalue weighted by Crippen LogP contribution is -2.23. The van der Waals surface area contributed by atoms with Gasteiger partial charge < -0.3 is 10.4 Å². The fraction of sp³-hybridized carbons (Fsp3) is 0.917. The fourth-order valence-electron chi connectivity index (χ4n) is 3.50. The molecule has 0 spiro atoms. The van der Waals surface area contributed by atoms with Gasteiger partial charge in [0.1, 0.15) is 0 Å². The van der Waals surface area contributed by atoms with Crippen molar-refractivity contribution in [3.63, 3.8) is 0 Å². The summed E-state index contributed by atoms with van der Waals surface area (Å²) in [4.78, 5) is 22.1. The van der Waals surface area contributed by atoms with E-state index in [2.05, 4.69) is 19.2 Å². The molecule has 0 radical (unpaired) electrons. The summed E-state index contributed by atoms with van der Waals surface area (Å²) in [5.74, 6) is 0.263. The Morgan fingerprint density at radius 1 is 0.643 bits per heavy atom. The Hall–Kier alpha value is -1.06. The predicted octanol–water partition coefficient (Wildman–Crippen LogP) is 6.87. The van der Waals surface area contributed by atoms with Gasteiger partial charge in [0.15, 0.2) is 0 Å². The van der Waals surface area contributed by atoms with Crippen molar-refractivity contribution in [2.24, 2.45) is 5.92 Å². The zero-order valence-corrected chi connectivity index (χ0v) is 18.8. The Bertz CT molecular complexity index is 369. The van der Waals surface area contributed by atoms with Gasteiger partial charge in [-0.1, -0.05) is 97.3 Å². The molecule has 1 amide bonds. The van der Waals surface area contributed by atoms with E-state index >= 15 is 0 Å². The summed E-state index contributed by atoms with van der Waals surface area (Å²) in [5, 5.41) is 11.5. The van der Waals surface area contributed by atoms with Crippen LogP contribution in [0.5, 0.6) is 0 Å². The summed E-state index contributed by atoms with van der Waals surface area (Å²) in [6.45, 7) is 5.30. The summed E-state index contributed by atoms with van der Waals surface area (Å²) in [6, 6.07) is 0. The smallest absolute Gasteiger partial charge is 0.303 e. The molecule has 0 aliphatic heterocycles. The van der Waals surface area contributed by atoms with Crippen molar-refractivity contribution in [3.8, 4) is 0 Å². The molecule has 0 aromatic heterocycles. The molecule has 28 heavy (non-hydrogen) atoms. The van der Waals surface area contributed by atoms with Crippen LogP contribution >= 0.6 is 0 Å². The highest BCUT2D eigenvalue weighted by atomic mass is 16.4. The van der Waals surface area contributed by atoms with Gasteiger partial charge in [0.2, 0.25) is 5.91 Å². The molecule has 0 aromatic rings. The number of amides is 1. The second-order valence-corrected chi connectivity index (χ2v) is 8.73. The SMILES string of the molecule is CC(C)CCCCCCCCCCCCCCC(=O)NCCCCCC(=O)O. The molecule has 2 N–H and O–H groups in total. The number of carbonyl (C=O) groups excluding carboxylic acids is 1. The van der Waals surface area contributed by atoms with E-state index in [0.717, 1.165) is 31.6 Å². The van der Waals surface area contributed by atoms with Crippen LogP contribution in [0.3, 0.4) is 0 Å². The summed E-state index contributed by atoms with van der Waals surface area (Å²) in [5.41, 5.74) is 0. The van der Waals surface area contributed by atoms with Gasteiger partial charge in [-0.05, 0) is 25.2 Å². The number of aliphatic carboxylic acids is 1. The van der Waals surface area contributed by atoms with Gasteiger partial charge in [-0.25, -0.2) is 0 Å². The zero-order valence-electron chi connectivity index (χ0n) is 18.8. The van der Waals surface area contributed by atoms with Gasteiger partial charge in [0, 0.05) is 19.4 Å². The molecule has 4 nitrogen and oxygen atoms in total. The molecule has 0 rings (SSSR count). The van der Waals surface area contributed by atoms with Crippen LogP contribution in [0.1, 0.15) is 129 Å². The van der Waals surface area contributed by atoms with E-state index in [0.29, 0.717) is 19.4 Å². The summed E-state index contributed by atoms with van der Waals surface area (Å²) in [6.07, 6.45) is 20.5. The molecule has 0 aromatic carbocycles. The molecule has 166 valence electrons. The fourth-order valence-corrected chi connectivity index (χ4v) is 3.50. The van der Waals surface area contributed by atoms with Crippen LogP contribution in [0.15, 0.2) is 0 Å². The van der Waals surface area contributed by atoms with Crippen molar-refractivity contribution in [1.82, 2.24) is 5.32 Å². The number of rotatable bonds is 21. The maximum absolute atomic E-state index is 11.7. The molecule has 0 aliphatic carbocycles. The van der Waals surface area contributed by atoms with Gasteiger partial charge in [-0.3, -0.25) is 9.59 Å². The second kappa shape index (κ2) is 20.7. The normalized spacial score (nSPS) is 11.1. The van der Waals surface area contributed by atoms with Crippen molar-refractivity contribution >= 4 is 11.9 Å². The number of hydrogen-bond acceptors (Lipinski definition) is 2. The standard InChI is InChI=1S/C24H47NO3/c1-22(2)18-14-11-9-7-5-3-4-6-8-10-12-15-19-23(26)25-21-17-13-16-20-24(27)28/h22H,3-21H2,1-2H3,(H,25,26)(H,27,28). The Morgan fingerprint density at radius 3 is 1.57 bits per heavy atom. The topological polar surface area (TPSA) is 66.4 Å². The van der Waals surface area contributed by atoms with Gasteiger partial charge in [-0.2, -0.15) is 0 Å². The van der Waals surface area contributed by atoms with E-state index in [1.165, 1.54) is 70.6 Å². The highest BCUT2D eigenvalue weighted by molar-refractivity contribution is 5.75.